The topological polar surface area (TPSA) is 33.7 Å². The van der Waals surface area contributed by atoms with Gasteiger partial charge >= 0.3 is 0 Å². The van der Waals surface area contributed by atoms with Crippen LogP contribution in [0.5, 0.6) is 0 Å². The first-order chi connectivity index (χ1) is 4.93. The van der Waals surface area contributed by atoms with Gasteiger partial charge in [0, 0.05) is 0 Å². The zero-order valence-corrected chi connectivity index (χ0v) is 5.62. The molecule has 0 fully saturated rings. The van der Waals surface area contributed by atoms with E-state index in [1.165, 1.54) is 0 Å². The summed E-state index contributed by atoms with van der Waals surface area (Å²) in [5, 5.41) is 1.67. The van der Waals surface area contributed by atoms with Crippen molar-refractivity contribution in [3.8, 4) is 0 Å². The van der Waals surface area contributed by atoms with Gasteiger partial charge in [0.2, 0.25) is 0 Å². The lowest BCUT2D eigenvalue weighted by atomic mass is 10.7. The Hall–Kier alpha value is -1.00. The molecule has 0 unspecified atom stereocenters. The van der Waals surface area contributed by atoms with Crippen LogP contribution in [0.4, 0.5) is 0 Å². The lowest BCUT2D eigenvalue weighted by Crippen LogP contribution is -2.32. The number of ether oxygens (including phenoxy) is 1. The summed E-state index contributed by atoms with van der Waals surface area (Å²) >= 11 is 0. The lowest BCUT2D eigenvalue weighted by Gasteiger charge is -2.13. The third kappa shape index (κ3) is 2.08. The summed E-state index contributed by atoms with van der Waals surface area (Å²) in [6.45, 7) is 4.45. The average Bonchev–Trinajstić information content (AvgIpc) is 2.41. The number of rotatable bonds is 4. The highest BCUT2D eigenvalue weighted by atomic mass is 16.7. The molecular formula is C6H10N2O2. The summed E-state index contributed by atoms with van der Waals surface area (Å²) in [6, 6.07) is 0. The first-order valence-corrected chi connectivity index (χ1v) is 2.97. The summed E-state index contributed by atoms with van der Waals surface area (Å²) in [5.41, 5.74) is 2.63. The van der Waals surface area contributed by atoms with E-state index in [-0.39, 0.29) is 0 Å². The first-order valence-electron chi connectivity index (χ1n) is 2.97. The van der Waals surface area contributed by atoms with E-state index in [2.05, 4.69) is 12.2 Å². The van der Waals surface area contributed by atoms with Crippen LogP contribution in [-0.4, -0.2) is 18.3 Å². The van der Waals surface area contributed by atoms with Crippen LogP contribution in [0.15, 0.2) is 25.1 Å². The zero-order valence-electron chi connectivity index (χ0n) is 5.62. The van der Waals surface area contributed by atoms with Crippen molar-refractivity contribution in [2.75, 3.05) is 13.3 Å². The van der Waals surface area contributed by atoms with Crippen LogP contribution in [0.3, 0.4) is 0 Å². The predicted octanol–water partition coefficient (Wildman–Crippen LogP) is 0.369. The largest absolute Gasteiger partial charge is 0.478 e. The molecule has 0 aromatic rings. The Morgan fingerprint density at radius 2 is 2.80 bits per heavy atom. The van der Waals surface area contributed by atoms with E-state index < -0.39 is 0 Å². The van der Waals surface area contributed by atoms with Crippen LogP contribution in [0.25, 0.3) is 0 Å². The van der Waals surface area contributed by atoms with Gasteiger partial charge in [-0.15, -0.1) is 12.2 Å². The van der Waals surface area contributed by atoms with Gasteiger partial charge < -0.3 is 4.74 Å². The van der Waals surface area contributed by atoms with Crippen molar-refractivity contribution in [1.29, 1.82) is 0 Å². The van der Waals surface area contributed by atoms with Crippen molar-refractivity contribution < 1.29 is 9.57 Å². The van der Waals surface area contributed by atoms with E-state index in [9.17, 15) is 0 Å². The molecule has 56 valence electrons. The van der Waals surface area contributed by atoms with Crippen LogP contribution in [0.2, 0.25) is 0 Å². The molecule has 1 rings (SSSR count). The van der Waals surface area contributed by atoms with E-state index in [4.69, 9.17) is 9.57 Å². The van der Waals surface area contributed by atoms with Gasteiger partial charge in [-0.25, -0.2) is 0 Å². The smallest absolute Gasteiger partial charge is 0.175 e. The maximum absolute atomic E-state index is 4.89. The Morgan fingerprint density at radius 1 is 1.90 bits per heavy atom. The summed E-state index contributed by atoms with van der Waals surface area (Å²) in [6.07, 6.45) is 4.99. The van der Waals surface area contributed by atoms with Gasteiger partial charge in [-0.3, -0.25) is 9.85 Å². The molecule has 0 saturated carbocycles. The van der Waals surface area contributed by atoms with Crippen molar-refractivity contribution in [3.05, 3.63) is 25.1 Å². The fourth-order valence-corrected chi connectivity index (χ4v) is 0.519. The molecule has 0 spiro atoms. The van der Waals surface area contributed by atoms with E-state index in [0.717, 1.165) is 0 Å². The number of hydrogen-bond acceptors (Lipinski definition) is 4. The highest BCUT2D eigenvalue weighted by Crippen LogP contribution is 1.95. The average molecular weight is 142 g/mol. The molecule has 1 heterocycles. The van der Waals surface area contributed by atoms with Crippen LogP contribution < -0.4 is 5.59 Å². The van der Waals surface area contributed by atoms with Gasteiger partial charge in [0.1, 0.15) is 6.26 Å². The van der Waals surface area contributed by atoms with Crippen LogP contribution in [-0.2, 0) is 9.57 Å². The van der Waals surface area contributed by atoms with Gasteiger partial charge in [0.25, 0.3) is 0 Å². The second kappa shape index (κ2) is 3.92. The van der Waals surface area contributed by atoms with Crippen molar-refractivity contribution in [1.82, 2.24) is 10.6 Å². The molecule has 0 atom stereocenters. The Labute approximate surface area is 59.6 Å². The highest BCUT2D eigenvalue weighted by Gasteiger charge is 2.01. The van der Waals surface area contributed by atoms with Crippen molar-refractivity contribution in [2.45, 2.75) is 0 Å². The normalized spacial score (nSPS) is 15.4. The highest BCUT2D eigenvalue weighted by molar-refractivity contribution is 4.75. The van der Waals surface area contributed by atoms with E-state index >= 15 is 0 Å². The predicted molar refractivity (Wildman–Crippen MR) is 36.2 cm³/mol. The van der Waals surface area contributed by atoms with Crippen molar-refractivity contribution in [2.24, 2.45) is 0 Å². The molecule has 1 aliphatic rings. The molecule has 0 bridgehead atoms. The van der Waals surface area contributed by atoms with Gasteiger partial charge in [0.05, 0.1) is 12.8 Å². The summed E-state index contributed by atoms with van der Waals surface area (Å²) in [4.78, 5) is 4.89. The zero-order chi connectivity index (χ0) is 7.23. The van der Waals surface area contributed by atoms with E-state index in [1.54, 1.807) is 23.5 Å². The summed E-state index contributed by atoms with van der Waals surface area (Å²) in [5.74, 6) is 0. The molecule has 1 aliphatic heterocycles. The molecule has 4 nitrogen and oxygen atoms in total. The first kappa shape index (κ1) is 7.11. The third-order valence-corrected chi connectivity index (χ3v) is 0.934. The van der Waals surface area contributed by atoms with Crippen LogP contribution in [0, 0.1) is 0 Å². The summed E-state index contributed by atoms with van der Waals surface area (Å²) < 4.78 is 4.86. The quantitative estimate of drug-likeness (QED) is 0.349. The van der Waals surface area contributed by atoms with Crippen LogP contribution in [0.1, 0.15) is 0 Å². The van der Waals surface area contributed by atoms with Gasteiger partial charge in [-0.2, -0.15) is 0 Å². The number of nitrogens with one attached hydrogen (secondary N) is 1. The van der Waals surface area contributed by atoms with Crippen LogP contribution >= 0.6 is 0 Å². The third-order valence-electron chi connectivity index (χ3n) is 0.934. The second-order valence-electron chi connectivity index (χ2n) is 1.74. The van der Waals surface area contributed by atoms with Crippen molar-refractivity contribution in [3.63, 3.8) is 0 Å². The standard InChI is InChI=1S/C6H10N2O2/c1-2-4-10-7-8-3-5-9-6-8/h2-3,5,7H,1,4,6H2. The Kier molecular flexibility index (Phi) is 2.79. The molecule has 4 heteroatoms. The number of nitrogens with zero attached hydrogens (tertiary/aromatic N) is 1. The maximum atomic E-state index is 4.89. The minimum Gasteiger partial charge on any atom is -0.478 e. The minimum absolute atomic E-state index is 0.477. The van der Waals surface area contributed by atoms with Gasteiger partial charge in [-0.1, -0.05) is 6.08 Å². The summed E-state index contributed by atoms with van der Waals surface area (Å²) in [7, 11) is 0. The molecular weight excluding hydrogens is 132 g/mol. The number of hydrogen-bond donors (Lipinski definition) is 1. The lowest BCUT2D eigenvalue weighted by molar-refractivity contribution is -0.0666. The molecule has 0 aromatic carbocycles. The minimum atomic E-state index is 0.477. The van der Waals surface area contributed by atoms with E-state index in [1.807, 2.05) is 0 Å². The van der Waals surface area contributed by atoms with Gasteiger partial charge in [0.15, 0.2) is 6.73 Å². The van der Waals surface area contributed by atoms with Gasteiger partial charge in [-0.05, 0) is 0 Å². The molecule has 0 amide bonds. The molecule has 0 saturated heterocycles. The molecule has 1 N–H and O–H groups in total. The maximum Gasteiger partial charge on any atom is 0.175 e. The SMILES string of the molecule is C=CCONN1C=COC1. The molecule has 0 aliphatic carbocycles. The van der Waals surface area contributed by atoms with Crippen molar-refractivity contribution >= 4 is 0 Å². The fraction of sp³-hybridized carbons (Fsp3) is 0.333. The Morgan fingerprint density at radius 3 is 3.40 bits per heavy atom. The Bertz CT molecular complexity index is 136. The Balaban J connectivity index is 2.02. The van der Waals surface area contributed by atoms with E-state index in [0.29, 0.717) is 13.3 Å². The molecule has 10 heavy (non-hydrogen) atoms. The number of hydrazine groups is 1. The second-order valence-corrected chi connectivity index (χ2v) is 1.74. The monoisotopic (exact) mass is 142 g/mol. The molecule has 0 aromatic heterocycles. The molecule has 0 radical (unpaired) electrons. The fourth-order valence-electron chi connectivity index (χ4n) is 0.519.